The van der Waals surface area contributed by atoms with Crippen LogP contribution in [0.5, 0.6) is 5.75 Å². The summed E-state index contributed by atoms with van der Waals surface area (Å²) in [5.74, 6) is 1.69. The molecule has 1 nitrogen and oxygen atoms in total. The highest BCUT2D eigenvalue weighted by Gasteiger charge is 2.31. The van der Waals surface area contributed by atoms with Crippen LogP contribution < -0.4 is 4.74 Å². The number of halogens is 2. The van der Waals surface area contributed by atoms with Crippen molar-refractivity contribution in [2.24, 2.45) is 17.8 Å². The average Bonchev–Trinajstić information content (AvgIpc) is 2.80. The Hall–Kier alpha value is -1.12. The SMILES string of the molecule is CCCCCC[C@@H](C)Oc1c(F)cc(C2CCC([C@H]3CC[C@H](CCC)CC3)CC2)cc1F. The monoisotopic (exact) mass is 448 g/mol. The third-order valence-corrected chi connectivity index (χ3v) is 8.30. The van der Waals surface area contributed by atoms with Crippen molar-refractivity contribution in [2.45, 2.75) is 129 Å². The second-order valence-electron chi connectivity index (χ2n) is 10.8. The molecule has 0 bridgehead atoms. The molecular formula is C29H46F2O. The third-order valence-electron chi connectivity index (χ3n) is 8.30. The molecule has 1 aromatic carbocycles. The van der Waals surface area contributed by atoms with Crippen molar-refractivity contribution >= 4 is 0 Å². The highest BCUT2D eigenvalue weighted by molar-refractivity contribution is 5.33. The van der Waals surface area contributed by atoms with Gasteiger partial charge in [0.15, 0.2) is 17.4 Å². The van der Waals surface area contributed by atoms with E-state index in [0.29, 0.717) is 0 Å². The number of benzene rings is 1. The minimum absolute atomic E-state index is 0.162. The lowest BCUT2D eigenvalue weighted by atomic mass is 9.68. The van der Waals surface area contributed by atoms with E-state index < -0.39 is 11.6 Å². The molecule has 0 aliphatic heterocycles. The molecule has 0 unspecified atom stereocenters. The van der Waals surface area contributed by atoms with Gasteiger partial charge in [0.05, 0.1) is 6.10 Å². The number of unbranched alkanes of at least 4 members (excludes halogenated alkanes) is 3. The van der Waals surface area contributed by atoms with E-state index in [4.69, 9.17) is 4.74 Å². The molecular weight excluding hydrogens is 402 g/mol. The van der Waals surface area contributed by atoms with E-state index >= 15 is 0 Å². The second-order valence-corrected chi connectivity index (χ2v) is 10.8. The molecule has 3 rings (SSSR count). The molecule has 0 aromatic heterocycles. The molecule has 0 amide bonds. The van der Waals surface area contributed by atoms with Crippen LogP contribution in [0.3, 0.4) is 0 Å². The first-order valence-electron chi connectivity index (χ1n) is 13.7. The number of rotatable bonds is 11. The van der Waals surface area contributed by atoms with Crippen molar-refractivity contribution < 1.29 is 13.5 Å². The largest absolute Gasteiger partial charge is 0.485 e. The smallest absolute Gasteiger partial charge is 0.191 e. The molecule has 2 saturated carbocycles. The maximum atomic E-state index is 14.8. The molecule has 2 aliphatic rings. The van der Waals surface area contributed by atoms with E-state index in [0.717, 1.165) is 55.4 Å². The van der Waals surface area contributed by atoms with E-state index in [2.05, 4.69) is 13.8 Å². The molecule has 1 atom stereocenters. The van der Waals surface area contributed by atoms with Gasteiger partial charge in [0.2, 0.25) is 0 Å². The van der Waals surface area contributed by atoms with E-state index in [1.54, 1.807) is 12.1 Å². The molecule has 0 heterocycles. The molecule has 0 radical (unpaired) electrons. The Labute approximate surface area is 195 Å². The zero-order valence-corrected chi connectivity index (χ0v) is 20.8. The van der Waals surface area contributed by atoms with Crippen molar-refractivity contribution in [1.82, 2.24) is 0 Å². The highest BCUT2D eigenvalue weighted by Crippen LogP contribution is 2.45. The van der Waals surface area contributed by atoms with Gasteiger partial charge in [-0.15, -0.1) is 0 Å². The zero-order chi connectivity index (χ0) is 22.9. The number of hydrogen-bond donors (Lipinski definition) is 0. The molecule has 2 fully saturated rings. The predicted molar refractivity (Wildman–Crippen MR) is 130 cm³/mol. The lowest BCUT2D eigenvalue weighted by Gasteiger charge is -2.38. The minimum Gasteiger partial charge on any atom is -0.485 e. The van der Waals surface area contributed by atoms with Crippen LogP contribution in [0.1, 0.15) is 129 Å². The second kappa shape index (κ2) is 12.9. The molecule has 0 saturated heterocycles. The maximum absolute atomic E-state index is 14.8. The van der Waals surface area contributed by atoms with Gasteiger partial charge in [0.1, 0.15) is 0 Å². The van der Waals surface area contributed by atoms with Crippen molar-refractivity contribution in [3.63, 3.8) is 0 Å². The predicted octanol–water partition coefficient (Wildman–Crippen LogP) is 9.58. The first-order valence-corrected chi connectivity index (χ1v) is 13.7. The van der Waals surface area contributed by atoms with E-state index in [1.807, 2.05) is 6.92 Å². The van der Waals surface area contributed by atoms with Crippen molar-refractivity contribution in [3.8, 4) is 5.75 Å². The Kier molecular flexibility index (Phi) is 10.3. The van der Waals surface area contributed by atoms with Gasteiger partial charge in [-0.2, -0.15) is 0 Å². The van der Waals surface area contributed by atoms with Gasteiger partial charge < -0.3 is 4.74 Å². The summed E-state index contributed by atoms with van der Waals surface area (Å²) in [6.07, 6.45) is 18.1. The minimum atomic E-state index is -0.531. The lowest BCUT2D eigenvalue weighted by Crippen LogP contribution is -2.25. The Balaban J connectivity index is 1.49. The van der Waals surface area contributed by atoms with Crippen LogP contribution in [-0.4, -0.2) is 6.10 Å². The van der Waals surface area contributed by atoms with Gasteiger partial charge in [-0.1, -0.05) is 58.8 Å². The fourth-order valence-electron chi connectivity index (χ4n) is 6.33. The molecule has 3 heteroatoms. The Morgan fingerprint density at radius 2 is 1.41 bits per heavy atom. The van der Waals surface area contributed by atoms with Crippen LogP contribution in [0.25, 0.3) is 0 Å². The first-order chi connectivity index (χ1) is 15.5. The van der Waals surface area contributed by atoms with Gasteiger partial charge >= 0.3 is 0 Å². The number of ether oxygens (including phenoxy) is 1. The Morgan fingerprint density at radius 3 is 1.97 bits per heavy atom. The van der Waals surface area contributed by atoms with Crippen LogP contribution in [0.15, 0.2) is 12.1 Å². The Bertz CT molecular complexity index is 649. The normalized spacial score (nSPS) is 27.3. The van der Waals surface area contributed by atoms with Crippen molar-refractivity contribution in [1.29, 1.82) is 0 Å². The van der Waals surface area contributed by atoms with E-state index in [9.17, 15) is 8.78 Å². The van der Waals surface area contributed by atoms with Gasteiger partial charge in [0.25, 0.3) is 0 Å². The summed E-state index contributed by atoms with van der Waals surface area (Å²) in [5, 5.41) is 0. The van der Waals surface area contributed by atoms with E-state index in [-0.39, 0.29) is 17.8 Å². The molecule has 0 N–H and O–H groups in total. The fraction of sp³-hybridized carbons (Fsp3) is 0.793. The van der Waals surface area contributed by atoms with Gasteiger partial charge in [-0.3, -0.25) is 0 Å². The summed E-state index contributed by atoms with van der Waals surface area (Å²) in [5.41, 5.74) is 0.827. The average molecular weight is 449 g/mol. The summed E-state index contributed by atoms with van der Waals surface area (Å²) in [4.78, 5) is 0. The van der Waals surface area contributed by atoms with Crippen molar-refractivity contribution in [2.75, 3.05) is 0 Å². The van der Waals surface area contributed by atoms with Gasteiger partial charge in [-0.25, -0.2) is 8.78 Å². The van der Waals surface area contributed by atoms with Crippen LogP contribution in [0, 0.1) is 29.4 Å². The van der Waals surface area contributed by atoms with E-state index in [1.165, 1.54) is 64.2 Å². The first kappa shape index (κ1) is 25.5. The standard InChI is InChI=1S/C29H46F2O/c1-4-6-7-8-10-21(3)32-29-27(30)19-26(20-28(29)31)25-17-15-24(16-18-25)23-13-11-22(9-5-2)12-14-23/h19-25H,4-18H2,1-3H3/t21-,22-,23-,24?,25?/m1/s1. The van der Waals surface area contributed by atoms with Crippen molar-refractivity contribution in [3.05, 3.63) is 29.3 Å². The van der Waals surface area contributed by atoms with Gasteiger partial charge in [0, 0.05) is 0 Å². The summed E-state index contributed by atoms with van der Waals surface area (Å²) in [6, 6.07) is 3.09. The summed E-state index contributed by atoms with van der Waals surface area (Å²) >= 11 is 0. The third kappa shape index (κ3) is 7.19. The Morgan fingerprint density at radius 1 is 0.812 bits per heavy atom. The maximum Gasteiger partial charge on any atom is 0.191 e. The molecule has 0 spiro atoms. The summed E-state index contributed by atoms with van der Waals surface area (Å²) < 4.78 is 35.2. The topological polar surface area (TPSA) is 9.23 Å². The van der Waals surface area contributed by atoms with Gasteiger partial charge in [-0.05, 0) is 99.7 Å². The molecule has 2 aliphatic carbocycles. The highest BCUT2D eigenvalue weighted by atomic mass is 19.1. The van der Waals surface area contributed by atoms with Crippen LogP contribution in [0.4, 0.5) is 8.78 Å². The molecule has 1 aromatic rings. The summed E-state index contributed by atoms with van der Waals surface area (Å²) in [6.45, 7) is 6.39. The lowest BCUT2D eigenvalue weighted by molar-refractivity contribution is 0.156. The summed E-state index contributed by atoms with van der Waals surface area (Å²) in [7, 11) is 0. The molecule has 182 valence electrons. The van der Waals surface area contributed by atoms with Crippen LogP contribution in [-0.2, 0) is 0 Å². The zero-order valence-electron chi connectivity index (χ0n) is 20.8. The van der Waals surface area contributed by atoms with Crippen LogP contribution >= 0.6 is 0 Å². The fourth-order valence-corrected chi connectivity index (χ4v) is 6.33. The number of hydrogen-bond acceptors (Lipinski definition) is 1. The molecule has 32 heavy (non-hydrogen) atoms. The van der Waals surface area contributed by atoms with Crippen LogP contribution in [0.2, 0.25) is 0 Å². The quantitative estimate of drug-likeness (QED) is 0.306.